The van der Waals surface area contributed by atoms with Crippen molar-refractivity contribution in [1.82, 2.24) is 10.2 Å². The van der Waals surface area contributed by atoms with Crippen LogP contribution in [0.15, 0.2) is 17.5 Å². The van der Waals surface area contributed by atoms with E-state index in [9.17, 15) is 0 Å². The molecule has 3 heteroatoms. The van der Waals surface area contributed by atoms with Crippen molar-refractivity contribution in [2.75, 3.05) is 13.1 Å². The first-order valence-corrected chi connectivity index (χ1v) is 8.34. The molecule has 0 spiro atoms. The maximum Gasteiger partial charge on any atom is 0.0417 e. The zero-order chi connectivity index (χ0) is 14.0. The Hall–Kier alpha value is -0.380. The molecule has 0 aromatic carbocycles. The van der Waals surface area contributed by atoms with E-state index in [1.54, 1.807) is 0 Å². The molecule has 1 aliphatic heterocycles. The maximum atomic E-state index is 3.75. The Morgan fingerprint density at radius 2 is 2.21 bits per heavy atom. The lowest BCUT2D eigenvalue weighted by molar-refractivity contribution is 0.0542. The molecule has 2 rings (SSSR count). The Labute approximate surface area is 122 Å². The molecule has 1 aliphatic rings. The summed E-state index contributed by atoms with van der Waals surface area (Å²) in [6.07, 6.45) is 1.22. The number of hydrogen-bond acceptors (Lipinski definition) is 3. The summed E-state index contributed by atoms with van der Waals surface area (Å²) in [6.45, 7) is 14.0. The van der Waals surface area contributed by atoms with Gasteiger partial charge in [0, 0.05) is 36.1 Å². The van der Waals surface area contributed by atoms with E-state index in [4.69, 9.17) is 0 Å². The fraction of sp³-hybridized carbons (Fsp3) is 0.750. The van der Waals surface area contributed by atoms with Crippen molar-refractivity contribution in [1.29, 1.82) is 0 Å². The van der Waals surface area contributed by atoms with Crippen molar-refractivity contribution >= 4 is 11.3 Å². The molecule has 1 aromatic rings. The van der Waals surface area contributed by atoms with Gasteiger partial charge in [0.15, 0.2) is 0 Å². The van der Waals surface area contributed by atoms with Gasteiger partial charge in [0.05, 0.1) is 0 Å². The Morgan fingerprint density at radius 3 is 2.74 bits per heavy atom. The molecule has 1 saturated heterocycles. The van der Waals surface area contributed by atoms with Crippen LogP contribution < -0.4 is 5.32 Å². The molecular formula is C16H28N2S. The minimum absolute atomic E-state index is 0.326. The van der Waals surface area contributed by atoms with E-state index in [-0.39, 0.29) is 0 Å². The van der Waals surface area contributed by atoms with Gasteiger partial charge in [0.1, 0.15) is 0 Å². The first-order chi connectivity index (χ1) is 8.93. The van der Waals surface area contributed by atoms with Gasteiger partial charge in [-0.25, -0.2) is 0 Å². The van der Waals surface area contributed by atoms with E-state index in [0.29, 0.717) is 23.5 Å². The van der Waals surface area contributed by atoms with Gasteiger partial charge in [-0.2, -0.15) is 0 Å². The lowest BCUT2D eigenvalue weighted by Gasteiger charge is -2.47. The summed E-state index contributed by atoms with van der Waals surface area (Å²) in [5.74, 6) is 0. The van der Waals surface area contributed by atoms with E-state index in [1.165, 1.54) is 11.3 Å². The van der Waals surface area contributed by atoms with Crippen LogP contribution in [0.4, 0.5) is 0 Å². The Bertz CT molecular complexity index is 380. The number of rotatable bonds is 3. The lowest BCUT2D eigenvalue weighted by Crippen LogP contribution is -2.60. The van der Waals surface area contributed by atoms with Gasteiger partial charge in [-0.15, -0.1) is 11.3 Å². The van der Waals surface area contributed by atoms with E-state index >= 15 is 0 Å². The van der Waals surface area contributed by atoms with Crippen LogP contribution in [0, 0.1) is 5.41 Å². The fourth-order valence-electron chi connectivity index (χ4n) is 2.95. The maximum absolute atomic E-state index is 3.75. The molecule has 0 bridgehead atoms. The molecule has 1 N–H and O–H groups in total. The summed E-state index contributed by atoms with van der Waals surface area (Å²) in [5.41, 5.74) is 0.326. The van der Waals surface area contributed by atoms with Gasteiger partial charge in [-0.05, 0) is 30.2 Å². The molecule has 0 amide bonds. The second kappa shape index (κ2) is 5.94. The molecule has 2 heterocycles. The summed E-state index contributed by atoms with van der Waals surface area (Å²) in [7, 11) is 0. The predicted molar refractivity (Wildman–Crippen MR) is 84.8 cm³/mol. The van der Waals surface area contributed by atoms with E-state index in [2.05, 4.69) is 62.3 Å². The summed E-state index contributed by atoms with van der Waals surface area (Å²) in [6, 6.07) is 6.22. The highest BCUT2D eigenvalue weighted by Crippen LogP contribution is 2.32. The summed E-state index contributed by atoms with van der Waals surface area (Å²) in [5, 5.41) is 5.94. The third-order valence-electron chi connectivity index (χ3n) is 4.43. The average molecular weight is 280 g/mol. The molecule has 1 aromatic heterocycles. The van der Waals surface area contributed by atoms with Crippen LogP contribution in [-0.2, 0) is 0 Å². The second-order valence-electron chi connectivity index (χ2n) is 6.78. The molecule has 2 nitrogen and oxygen atoms in total. The van der Waals surface area contributed by atoms with E-state index in [1.807, 2.05) is 11.3 Å². The number of hydrogen-bond donors (Lipinski definition) is 1. The van der Waals surface area contributed by atoms with E-state index < -0.39 is 0 Å². The molecule has 3 atom stereocenters. The van der Waals surface area contributed by atoms with Crippen LogP contribution in [0.25, 0.3) is 0 Å². The first-order valence-electron chi connectivity index (χ1n) is 7.46. The topological polar surface area (TPSA) is 15.3 Å². The standard InChI is InChI=1S/C16H28N2S/c1-6-13-10-17-15(16(3,4)5)11-18(13)12(2)14-8-7-9-19-14/h7-9,12-13,15,17H,6,10-11H2,1-5H3. The van der Waals surface area contributed by atoms with Crippen molar-refractivity contribution < 1.29 is 0 Å². The van der Waals surface area contributed by atoms with Crippen molar-refractivity contribution in [2.24, 2.45) is 5.41 Å². The van der Waals surface area contributed by atoms with Gasteiger partial charge >= 0.3 is 0 Å². The third-order valence-corrected chi connectivity index (χ3v) is 5.47. The smallest absolute Gasteiger partial charge is 0.0417 e. The quantitative estimate of drug-likeness (QED) is 0.903. The third kappa shape index (κ3) is 3.39. The Morgan fingerprint density at radius 1 is 1.47 bits per heavy atom. The van der Waals surface area contributed by atoms with Crippen molar-refractivity contribution in [3.05, 3.63) is 22.4 Å². The average Bonchev–Trinajstić information content (AvgIpc) is 2.90. The monoisotopic (exact) mass is 280 g/mol. The van der Waals surface area contributed by atoms with Crippen molar-refractivity contribution in [3.8, 4) is 0 Å². The van der Waals surface area contributed by atoms with E-state index in [0.717, 1.165) is 13.1 Å². The molecule has 1 fully saturated rings. The largest absolute Gasteiger partial charge is 0.311 e. The van der Waals surface area contributed by atoms with Crippen LogP contribution in [0.1, 0.15) is 52.0 Å². The van der Waals surface area contributed by atoms with Crippen LogP contribution >= 0.6 is 11.3 Å². The van der Waals surface area contributed by atoms with Gasteiger partial charge < -0.3 is 5.32 Å². The molecule has 0 saturated carbocycles. The number of piperazine rings is 1. The Balaban J connectivity index is 2.14. The molecule has 3 unspecified atom stereocenters. The zero-order valence-electron chi connectivity index (χ0n) is 12.9. The van der Waals surface area contributed by atoms with Gasteiger partial charge in [-0.1, -0.05) is 33.8 Å². The summed E-state index contributed by atoms with van der Waals surface area (Å²) in [4.78, 5) is 4.20. The highest BCUT2D eigenvalue weighted by molar-refractivity contribution is 7.10. The second-order valence-corrected chi connectivity index (χ2v) is 7.76. The van der Waals surface area contributed by atoms with Crippen LogP contribution in [-0.4, -0.2) is 30.1 Å². The molecule has 0 radical (unpaired) electrons. The predicted octanol–water partition coefficient (Wildman–Crippen LogP) is 3.91. The molecule has 0 aliphatic carbocycles. The number of thiophene rings is 1. The normalized spacial score (nSPS) is 27.4. The molecular weight excluding hydrogens is 252 g/mol. The molecule has 108 valence electrons. The van der Waals surface area contributed by atoms with Crippen molar-refractivity contribution in [2.45, 2.75) is 59.2 Å². The van der Waals surface area contributed by atoms with Crippen molar-refractivity contribution in [3.63, 3.8) is 0 Å². The minimum Gasteiger partial charge on any atom is -0.311 e. The number of nitrogens with one attached hydrogen (secondary N) is 1. The molecule has 19 heavy (non-hydrogen) atoms. The number of nitrogens with zero attached hydrogens (tertiary/aromatic N) is 1. The fourth-order valence-corrected chi connectivity index (χ4v) is 3.75. The van der Waals surface area contributed by atoms with Crippen LogP contribution in [0.2, 0.25) is 0 Å². The van der Waals surface area contributed by atoms with Gasteiger partial charge in [0.25, 0.3) is 0 Å². The highest BCUT2D eigenvalue weighted by atomic mass is 32.1. The SMILES string of the molecule is CCC1CNC(C(C)(C)C)CN1C(C)c1cccs1. The summed E-state index contributed by atoms with van der Waals surface area (Å²) < 4.78 is 0. The zero-order valence-corrected chi connectivity index (χ0v) is 13.8. The highest BCUT2D eigenvalue weighted by Gasteiger charge is 2.35. The summed E-state index contributed by atoms with van der Waals surface area (Å²) >= 11 is 1.88. The van der Waals surface area contributed by atoms with Crippen LogP contribution in [0.5, 0.6) is 0 Å². The Kier molecular flexibility index (Phi) is 4.70. The minimum atomic E-state index is 0.326. The first kappa shape index (κ1) is 15.0. The lowest BCUT2D eigenvalue weighted by atomic mass is 9.84. The van der Waals surface area contributed by atoms with Gasteiger partial charge in [-0.3, -0.25) is 4.90 Å². The van der Waals surface area contributed by atoms with Gasteiger partial charge in [0.2, 0.25) is 0 Å². The van der Waals surface area contributed by atoms with Crippen LogP contribution in [0.3, 0.4) is 0 Å².